The highest BCUT2D eigenvalue weighted by molar-refractivity contribution is 7.19. The standard InChI is InChI=1S/C16H14F2N6S/c1-16(2,3)12-7-11(19-20-12)14-23-24-13(21-22-15(24)25-14)8-4-5-9(17)10(18)6-8/h4-7H,1-3H3,(H,19,20). The van der Waals surface area contributed by atoms with E-state index in [1.54, 1.807) is 0 Å². The van der Waals surface area contributed by atoms with E-state index in [9.17, 15) is 8.78 Å². The highest BCUT2D eigenvalue weighted by Gasteiger charge is 2.20. The fourth-order valence-electron chi connectivity index (χ4n) is 2.35. The second-order valence-corrected chi connectivity index (χ2v) is 7.63. The van der Waals surface area contributed by atoms with Gasteiger partial charge in [0.05, 0.1) is 0 Å². The lowest BCUT2D eigenvalue weighted by atomic mass is 9.92. The molecule has 4 rings (SSSR count). The molecule has 0 spiro atoms. The quantitative estimate of drug-likeness (QED) is 0.590. The summed E-state index contributed by atoms with van der Waals surface area (Å²) >= 11 is 1.33. The molecule has 9 heteroatoms. The molecule has 1 aromatic carbocycles. The third-order valence-electron chi connectivity index (χ3n) is 3.77. The van der Waals surface area contributed by atoms with Crippen LogP contribution in [0.25, 0.3) is 27.1 Å². The van der Waals surface area contributed by atoms with Crippen LogP contribution in [-0.4, -0.2) is 30.0 Å². The summed E-state index contributed by atoms with van der Waals surface area (Å²) < 4.78 is 28.1. The zero-order chi connectivity index (χ0) is 17.8. The summed E-state index contributed by atoms with van der Waals surface area (Å²) in [5.74, 6) is -1.50. The van der Waals surface area contributed by atoms with Gasteiger partial charge in [0, 0.05) is 16.7 Å². The van der Waals surface area contributed by atoms with E-state index in [1.807, 2.05) is 6.07 Å². The van der Waals surface area contributed by atoms with Crippen molar-refractivity contribution in [2.45, 2.75) is 26.2 Å². The van der Waals surface area contributed by atoms with E-state index in [4.69, 9.17) is 0 Å². The van der Waals surface area contributed by atoms with Gasteiger partial charge in [-0.15, -0.1) is 10.2 Å². The number of hydrogen-bond acceptors (Lipinski definition) is 5. The Hall–Kier alpha value is -2.68. The molecule has 128 valence electrons. The van der Waals surface area contributed by atoms with Crippen LogP contribution in [0.4, 0.5) is 8.78 Å². The monoisotopic (exact) mass is 360 g/mol. The number of aromatic amines is 1. The molecule has 0 radical (unpaired) electrons. The fourth-order valence-corrected chi connectivity index (χ4v) is 3.15. The molecule has 3 heterocycles. The molecule has 0 aliphatic rings. The molecule has 4 aromatic rings. The van der Waals surface area contributed by atoms with Crippen molar-refractivity contribution in [2.24, 2.45) is 0 Å². The van der Waals surface area contributed by atoms with Gasteiger partial charge >= 0.3 is 0 Å². The average molecular weight is 360 g/mol. The van der Waals surface area contributed by atoms with Crippen LogP contribution >= 0.6 is 11.3 Å². The highest BCUT2D eigenvalue weighted by Crippen LogP contribution is 2.30. The lowest BCUT2D eigenvalue weighted by Crippen LogP contribution is -2.11. The second-order valence-electron chi connectivity index (χ2n) is 6.67. The molecule has 1 N–H and O–H groups in total. The smallest absolute Gasteiger partial charge is 0.235 e. The first kappa shape index (κ1) is 15.8. The summed E-state index contributed by atoms with van der Waals surface area (Å²) in [6, 6.07) is 5.53. The Morgan fingerprint density at radius 3 is 2.56 bits per heavy atom. The molecule has 0 amide bonds. The van der Waals surface area contributed by atoms with E-state index in [-0.39, 0.29) is 5.41 Å². The maximum Gasteiger partial charge on any atom is 0.235 e. The normalized spacial score (nSPS) is 12.2. The Balaban J connectivity index is 1.78. The molecular formula is C16H14F2N6S. The molecule has 0 fully saturated rings. The SMILES string of the molecule is CC(C)(C)c1cc(-c2nn3c(-c4ccc(F)c(F)c4)nnc3s2)n[nH]1. The van der Waals surface area contributed by atoms with Crippen molar-refractivity contribution in [3.05, 3.63) is 41.6 Å². The summed E-state index contributed by atoms with van der Waals surface area (Å²) in [5, 5.41) is 20.6. The van der Waals surface area contributed by atoms with Crippen LogP contribution in [0.3, 0.4) is 0 Å². The zero-order valence-electron chi connectivity index (χ0n) is 13.7. The number of H-pyrrole nitrogens is 1. The third kappa shape index (κ3) is 2.70. The second kappa shape index (κ2) is 5.41. The fraction of sp³-hybridized carbons (Fsp3) is 0.250. The molecule has 0 aliphatic carbocycles. The van der Waals surface area contributed by atoms with E-state index in [1.165, 1.54) is 21.9 Å². The van der Waals surface area contributed by atoms with Gasteiger partial charge in [0.1, 0.15) is 5.69 Å². The Morgan fingerprint density at radius 1 is 1.08 bits per heavy atom. The van der Waals surface area contributed by atoms with E-state index >= 15 is 0 Å². The van der Waals surface area contributed by atoms with Crippen molar-refractivity contribution in [2.75, 3.05) is 0 Å². The minimum Gasteiger partial charge on any atom is -0.281 e. The topological polar surface area (TPSA) is 71.8 Å². The first-order valence-corrected chi connectivity index (χ1v) is 8.38. The number of rotatable bonds is 2. The first-order chi connectivity index (χ1) is 11.8. The van der Waals surface area contributed by atoms with Gasteiger partial charge in [-0.1, -0.05) is 32.1 Å². The van der Waals surface area contributed by atoms with Crippen molar-refractivity contribution in [1.82, 2.24) is 30.0 Å². The first-order valence-electron chi connectivity index (χ1n) is 7.57. The van der Waals surface area contributed by atoms with Crippen LogP contribution in [0.15, 0.2) is 24.3 Å². The molecule has 25 heavy (non-hydrogen) atoms. The van der Waals surface area contributed by atoms with E-state index in [2.05, 4.69) is 46.3 Å². The zero-order valence-corrected chi connectivity index (χ0v) is 14.5. The van der Waals surface area contributed by atoms with Crippen LogP contribution in [0.5, 0.6) is 0 Å². The predicted molar refractivity (Wildman–Crippen MR) is 90.3 cm³/mol. The predicted octanol–water partition coefficient (Wildman–Crippen LogP) is 3.82. The van der Waals surface area contributed by atoms with E-state index in [0.717, 1.165) is 17.8 Å². The number of benzene rings is 1. The molecule has 0 unspecified atom stereocenters. The van der Waals surface area contributed by atoms with E-state index in [0.29, 0.717) is 27.1 Å². The number of halogens is 2. The third-order valence-corrected chi connectivity index (χ3v) is 4.69. The summed E-state index contributed by atoms with van der Waals surface area (Å²) in [7, 11) is 0. The van der Waals surface area contributed by atoms with Crippen LogP contribution in [0, 0.1) is 11.6 Å². The highest BCUT2D eigenvalue weighted by atomic mass is 32.1. The van der Waals surface area contributed by atoms with Gasteiger partial charge in [0.25, 0.3) is 0 Å². The van der Waals surface area contributed by atoms with Crippen molar-refractivity contribution in [3.8, 4) is 22.1 Å². The minimum atomic E-state index is -0.938. The largest absolute Gasteiger partial charge is 0.281 e. The maximum atomic E-state index is 13.5. The number of aromatic nitrogens is 6. The molecule has 0 bridgehead atoms. The van der Waals surface area contributed by atoms with Gasteiger partial charge in [0.2, 0.25) is 4.96 Å². The lowest BCUT2D eigenvalue weighted by molar-refractivity contribution is 0.509. The van der Waals surface area contributed by atoms with Crippen LogP contribution < -0.4 is 0 Å². The Bertz CT molecular complexity index is 1070. The Morgan fingerprint density at radius 2 is 1.88 bits per heavy atom. The van der Waals surface area contributed by atoms with Gasteiger partial charge in [-0.2, -0.15) is 14.7 Å². The summed E-state index contributed by atoms with van der Waals surface area (Å²) in [4.78, 5) is 0.551. The minimum absolute atomic E-state index is 0.0546. The van der Waals surface area contributed by atoms with Crippen LogP contribution in [0.2, 0.25) is 0 Å². The molecule has 3 aromatic heterocycles. The maximum absolute atomic E-state index is 13.5. The summed E-state index contributed by atoms with van der Waals surface area (Å²) in [6.07, 6.45) is 0. The number of nitrogens with one attached hydrogen (secondary N) is 1. The Labute approximate surface area is 145 Å². The van der Waals surface area contributed by atoms with Gasteiger partial charge < -0.3 is 0 Å². The number of hydrogen-bond donors (Lipinski definition) is 1. The number of nitrogens with zero attached hydrogens (tertiary/aromatic N) is 5. The summed E-state index contributed by atoms with van der Waals surface area (Å²) in [5.41, 5.74) is 2.05. The average Bonchev–Trinajstić information content (AvgIpc) is 3.22. The van der Waals surface area contributed by atoms with Crippen LogP contribution in [-0.2, 0) is 5.41 Å². The molecule has 6 nitrogen and oxygen atoms in total. The van der Waals surface area contributed by atoms with Crippen molar-refractivity contribution in [3.63, 3.8) is 0 Å². The number of fused-ring (bicyclic) bond motifs is 1. The molecular weight excluding hydrogens is 346 g/mol. The van der Waals surface area contributed by atoms with E-state index < -0.39 is 11.6 Å². The van der Waals surface area contributed by atoms with Crippen molar-refractivity contribution < 1.29 is 8.78 Å². The van der Waals surface area contributed by atoms with Gasteiger partial charge in [-0.05, 0) is 24.3 Å². The van der Waals surface area contributed by atoms with Gasteiger partial charge in [-0.25, -0.2) is 8.78 Å². The lowest BCUT2D eigenvalue weighted by Gasteiger charge is -2.14. The van der Waals surface area contributed by atoms with Crippen LogP contribution in [0.1, 0.15) is 26.5 Å². The van der Waals surface area contributed by atoms with Gasteiger partial charge in [0.15, 0.2) is 22.5 Å². The van der Waals surface area contributed by atoms with Crippen molar-refractivity contribution in [1.29, 1.82) is 0 Å². The van der Waals surface area contributed by atoms with Crippen molar-refractivity contribution >= 4 is 16.3 Å². The summed E-state index contributed by atoms with van der Waals surface area (Å²) in [6.45, 7) is 6.26. The molecule has 0 saturated heterocycles. The Kier molecular flexibility index (Phi) is 3.43. The molecule has 0 atom stereocenters. The van der Waals surface area contributed by atoms with Gasteiger partial charge in [-0.3, -0.25) is 5.10 Å². The molecule has 0 saturated carbocycles. The molecule has 0 aliphatic heterocycles.